The minimum Gasteiger partial charge on any atom is -0.480 e. The summed E-state index contributed by atoms with van der Waals surface area (Å²) in [5, 5.41) is 23.2. The summed E-state index contributed by atoms with van der Waals surface area (Å²) in [4.78, 5) is 83.4. The van der Waals surface area contributed by atoms with E-state index in [1.54, 1.807) is 0 Å². The summed E-state index contributed by atoms with van der Waals surface area (Å²) in [5.74, 6) is -2.40. The van der Waals surface area contributed by atoms with Crippen LogP contribution in [0.3, 0.4) is 0 Å². The molecule has 1 aliphatic carbocycles. The standard InChI is InChI=1S/C35H62IN6O12P/c1-2-5-29(43)40-22-25-7-9-26(10-8-25)33(47)41-27(34(48)49)11-12-30(44)38-14-16-51-18-21-54-24-32(46)39-15-17-52-19-20-53-23-31(45)37-13-4-3-6-28(42-36)35(50)55/h25-28,42H,2-24,55H2,1H3,(H,37,45)(H,38,44)(H,39,46)(H,40,43)(H,41,47)(H,48,49)/t25?,26?,27?,28-/m0/s1. The zero-order valence-electron chi connectivity index (χ0n) is 32.0. The number of carbonyl (C=O) groups excluding carboxylic acids is 6. The number of rotatable bonds is 33. The molecule has 1 aliphatic rings. The normalized spacial score (nSPS) is 16.3. The van der Waals surface area contributed by atoms with E-state index < -0.39 is 12.0 Å². The molecule has 1 fully saturated rings. The largest absolute Gasteiger partial charge is 0.480 e. The van der Waals surface area contributed by atoms with Gasteiger partial charge in [0.15, 0.2) is 5.52 Å². The van der Waals surface area contributed by atoms with Crippen LogP contribution in [0.4, 0.5) is 0 Å². The number of aliphatic carboxylic acids is 1. The number of unbranched alkanes of at least 4 members (excludes halogenated alkanes) is 1. The highest BCUT2D eigenvalue weighted by Gasteiger charge is 2.29. The summed E-state index contributed by atoms with van der Waals surface area (Å²) in [6, 6.07) is -1.37. The number of hydrogen-bond donors (Lipinski definition) is 7. The smallest absolute Gasteiger partial charge is 0.326 e. The Morgan fingerprint density at radius 3 is 1.76 bits per heavy atom. The van der Waals surface area contributed by atoms with Gasteiger partial charge in [-0.05, 0) is 63.7 Å². The van der Waals surface area contributed by atoms with E-state index in [4.69, 9.17) is 18.9 Å². The summed E-state index contributed by atoms with van der Waals surface area (Å²) in [6.45, 7) is 4.57. The third-order valence-corrected chi connectivity index (χ3v) is 9.78. The van der Waals surface area contributed by atoms with Gasteiger partial charge in [0, 0.05) is 67.8 Å². The fourth-order valence-corrected chi connectivity index (χ4v) is 6.67. The predicted octanol–water partition coefficient (Wildman–Crippen LogP) is 0.354. The van der Waals surface area contributed by atoms with Gasteiger partial charge in [0.1, 0.15) is 19.3 Å². The van der Waals surface area contributed by atoms with Gasteiger partial charge < -0.3 is 50.6 Å². The molecule has 0 aromatic rings. The first kappa shape index (κ1) is 50.5. The molecule has 0 aromatic heterocycles. The van der Waals surface area contributed by atoms with Crippen LogP contribution in [0.15, 0.2) is 0 Å². The van der Waals surface area contributed by atoms with Gasteiger partial charge in [-0.25, -0.2) is 4.79 Å². The zero-order valence-corrected chi connectivity index (χ0v) is 35.3. The number of hydrogen-bond acceptors (Lipinski definition) is 12. The van der Waals surface area contributed by atoms with Crippen molar-refractivity contribution in [3.8, 4) is 0 Å². The first-order valence-electron chi connectivity index (χ1n) is 19.0. The highest BCUT2D eigenvalue weighted by molar-refractivity contribution is 14.1. The Labute approximate surface area is 340 Å². The highest BCUT2D eigenvalue weighted by Crippen LogP contribution is 2.28. The molecule has 5 amide bonds. The average Bonchev–Trinajstić information content (AvgIpc) is 3.15. The van der Waals surface area contributed by atoms with Crippen molar-refractivity contribution in [3.05, 3.63) is 0 Å². The van der Waals surface area contributed by atoms with Gasteiger partial charge in [-0.1, -0.05) is 16.2 Å². The molecule has 55 heavy (non-hydrogen) atoms. The lowest BCUT2D eigenvalue weighted by atomic mass is 9.81. The number of carbonyl (C=O) groups is 7. The van der Waals surface area contributed by atoms with Crippen molar-refractivity contribution in [1.29, 1.82) is 0 Å². The average molecular weight is 917 g/mol. The van der Waals surface area contributed by atoms with Crippen LogP contribution >= 0.6 is 32.1 Å². The van der Waals surface area contributed by atoms with Crippen molar-refractivity contribution in [3.63, 3.8) is 0 Å². The van der Waals surface area contributed by atoms with Crippen LogP contribution in [-0.4, -0.2) is 137 Å². The predicted molar refractivity (Wildman–Crippen MR) is 214 cm³/mol. The lowest BCUT2D eigenvalue weighted by Crippen LogP contribution is -2.45. The second-order valence-corrected chi connectivity index (χ2v) is 14.3. The molecular weight excluding hydrogens is 854 g/mol. The molecule has 316 valence electrons. The van der Waals surface area contributed by atoms with E-state index in [1.165, 1.54) is 0 Å². The lowest BCUT2D eigenvalue weighted by Gasteiger charge is -2.28. The number of ether oxygens (including phenoxy) is 4. The minimum atomic E-state index is -1.20. The van der Waals surface area contributed by atoms with Crippen molar-refractivity contribution >= 4 is 73.1 Å². The molecule has 0 heterocycles. The molecule has 3 atom stereocenters. The third kappa shape index (κ3) is 26.9. The summed E-state index contributed by atoms with van der Waals surface area (Å²) >= 11 is 1.95. The van der Waals surface area contributed by atoms with Crippen LogP contribution in [0.1, 0.15) is 77.6 Å². The highest BCUT2D eigenvalue weighted by atomic mass is 127. The molecule has 0 aliphatic heterocycles. The van der Waals surface area contributed by atoms with Crippen molar-refractivity contribution in [2.45, 2.75) is 89.6 Å². The maximum atomic E-state index is 12.7. The fraction of sp³-hybridized carbons (Fsp3) is 0.800. The topological polar surface area (TPSA) is 249 Å². The van der Waals surface area contributed by atoms with E-state index in [0.717, 1.165) is 32.1 Å². The van der Waals surface area contributed by atoms with E-state index in [0.29, 0.717) is 44.7 Å². The van der Waals surface area contributed by atoms with Gasteiger partial charge in [0.2, 0.25) is 29.5 Å². The van der Waals surface area contributed by atoms with Gasteiger partial charge in [0.05, 0.1) is 45.7 Å². The van der Waals surface area contributed by atoms with Crippen molar-refractivity contribution in [2.75, 3.05) is 79.0 Å². The van der Waals surface area contributed by atoms with Crippen LogP contribution < -0.4 is 30.1 Å². The molecular formula is C35H62IN6O12P. The van der Waals surface area contributed by atoms with Crippen LogP contribution in [-0.2, 0) is 52.5 Å². The minimum absolute atomic E-state index is 0.0100. The third-order valence-electron chi connectivity index (χ3n) is 8.62. The Morgan fingerprint density at radius 2 is 1.22 bits per heavy atom. The Bertz CT molecular complexity index is 1160. The van der Waals surface area contributed by atoms with Crippen molar-refractivity contribution < 1.29 is 57.6 Å². The SMILES string of the molecule is CCCC(=O)NCC1CCC(C(=O)NC(CCC(=O)NCCOCCOCC(=O)NCCOCCOCC(=O)NCCCC[C@H](NI)C(=O)P)C(=O)O)CC1. The Morgan fingerprint density at radius 1 is 0.673 bits per heavy atom. The lowest BCUT2D eigenvalue weighted by molar-refractivity contribution is -0.143. The molecule has 0 radical (unpaired) electrons. The maximum Gasteiger partial charge on any atom is 0.326 e. The van der Waals surface area contributed by atoms with E-state index >= 15 is 0 Å². The monoisotopic (exact) mass is 916 g/mol. The maximum absolute atomic E-state index is 12.7. The first-order valence-corrected chi connectivity index (χ1v) is 20.7. The van der Waals surface area contributed by atoms with Crippen molar-refractivity contribution in [1.82, 2.24) is 30.1 Å². The number of halogens is 1. The number of nitrogens with one attached hydrogen (secondary N) is 6. The van der Waals surface area contributed by atoms with Gasteiger partial charge >= 0.3 is 5.97 Å². The zero-order chi connectivity index (χ0) is 40.7. The van der Waals surface area contributed by atoms with Crippen molar-refractivity contribution in [2.24, 2.45) is 11.8 Å². The van der Waals surface area contributed by atoms with E-state index in [2.05, 4.69) is 39.4 Å². The first-order chi connectivity index (χ1) is 26.5. The number of amides is 5. The molecule has 18 nitrogen and oxygen atoms in total. The van der Waals surface area contributed by atoms with E-state index in [9.17, 15) is 38.7 Å². The van der Waals surface area contributed by atoms with Gasteiger partial charge in [-0.2, -0.15) is 0 Å². The second-order valence-electron chi connectivity index (χ2n) is 13.1. The van der Waals surface area contributed by atoms with E-state index in [-0.39, 0.29) is 126 Å². The van der Waals surface area contributed by atoms with Gasteiger partial charge in [0.25, 0.3) is 0 Å². The van der Waals surface area contributed by atoms with Gasteiger partial charge in [-0.15, -0.1) is 0 Å². The number of carboxylic acids is 1. The van der Waals surface area contributed by atoms with Crippen LogP contribution in [0, 0.1) is 11.8 Å². The molecule has 20 heteroatoms. The van der Waals surface area contributed by atoms with E-state index in [1.807, 2.05) is 29.8 Å². The summed E-state index contributed by atoms with van der Waals surface area (Å²) in [7, 11) is 2.17. The molecule has 1 saturated carbocycles. The summed E-state index contributed by atoms with van der Waals surface area (Å²) in [5.41, 5.74) is 0.0100. The molecule has 1 rings (SSSR count). The Hall–Kier alpha value is -2.55. The Kier molecular flexibility index (Phi) is 29.8. The molecule has 0 saturated heterocycles. The molecule has 0 aromatic carbocycles. The molecule has 0 bridgehead atoms. The fourth-order valence-electron chi connectivity index (χ4n) is 5.46. The molecule has 7 N–H and O–H groups in total. The summed E-state index contributed by atoms with van der Waals surface area (Å²) in [6.07, 6.45) is 6.21. The molecule has 0 spiro atoms. The molecule has 2 unspecified atom stereocenters. The second kappa shape index (κ2) is 32.5. The van der Waals surface area contributed by atoms with Crippen LogP contribution in [0.25, 0.3) is 0 Å². The summed E-state index contributed by atoms with van der Waals surface area (Å²) < 4.78 is 24.2. The Balaban J connectivity index is 1.98. The quantitative estimate of drug-likeness (QED) is 0.0204. The van der Waals surface area contributed by atoms with Crippen LogP contribution in [0.2, 0.25) is 0 Å². The van der Waals surface area contributed by atoms with Gasteiger partial charge in [-0.3, -0.25) is 32.3 Å². The number of carboxylic acid groups (broad SMARTS) is 1. The van der Waals surface area contributed by atoms with Crippen LogP contribution in [0.5, 0.6) is 0 Å².